The van der Waals surface area contributed by atoms with Crippen molar-refractivity contribution in [2.45, 2.75) is 26.8 Å². The van der Waals surface area contributed by atoms with Gasteiger partial charge in [0.05, 0.1) is 18.4 Å². The van der Waals surface area contributed by atoms with Crippen molar-refractivity contribution in [1.29, 1.82) is 0 Å². The summed E-state index contributed by atoms with van der Waals surface area (Å²) in [5, 5.41) is 6.37. The zero-order valence-electron chi connectivity index (χ0n) is 18.7. The number of ether oxygens (including phenoxy) is 1. The molecule has 0 fully saturated rings. The van der Waals surface area contributed by atoms with Crippen LogP contribution in [0.5, 0.6) is 5.75 Å². The minimum atomic E-state index is -0.628. The Bertz CT molecular complexity index is 1190. The molecule has 0 atom stereocenters. The molecular formula is C24H26F2N6O. The van der Waals surface area contributed by atoms with Gasteiger partial charge in [0.1, 0.15) is 18.1 Å². The van der Waals surface area contributed by atoms with E-state index in [1.54, 1.807) is 6.07 Å². The number of anilines is 3. The number of nitrogens with one attached hydrogen (secondary N) is 2. The average molecular weight is 453 g/mol. The van der Waals surface area contributed by atoms with Crippen LogP contribution in [0.25, 0.3) is 11.3 Å². The lowest BCUT2D eigenvalue weighted by Crippen LogP contribution is -2.35. The van der Waals surface area contributed by atoms with Crippen molar-refractivity contribution in [3.63, 3.8) is 0 Å². The molecule has 5 rings (SSSR count). The maximum Gasteiger partial charge on any atom is 0.229 e. The van der Waals surface area contributed by atoms with Crippen LogP contribution in [0.3, 0.4) is 0 Å². The first-order valence-electron chi connectivity index (χ1n) is 11.2. The van der Waals surface area contributed by atoms with Gasteiger partial charge in [-0.25, -0.2) is 23.7 Å². The minimum Gasteiger partial charge on any atom is -0.486 e. The van der Waals surface area contributed by atoms with E-state index in [0.717, 1.165) is 43.5 Å². The molecule has 172 valence electrons. The molecule has 3 aromatic rings. The van der Waals surface area contributed by atoms with Crippen molar-refractivity contribution >= 4 is 17.5 Å². The largest absolute Gasteiger partial charge is 0.486 e. The van der Waals surface area contributed by atoms with E-state index in [2.05, 4.69) is 44.3 Å². The maximum absolute atomic E-state index is 14.9. The first kappa shape index (κ1) is 21.5. The highest BCUT2D eigenvalue weighted by atomic mass is 19.1. The van der Waals surface area contributed by atoms with E-state index in [-0.39, 0.29) is 17.4 Å². The van der Waals surface area contributed by atoms with Gasteiger partial charge < -0.3 is 20.3 Å². The fourth-order valence-corrected chi connectivity index (χ4v) is 4.25. The van der Waals surface area contributed by atoms with Gasteiger partial charge in [-0.15, -0.1) is 0 Å². The molecule has 4 heterocycles. The molecular weight excluding hydrogens is 426 g/mol. The van der Waals surface area contributed by atoms with Crippen molar-refractivity contribution < 1.29 is 13.5 Å². The molecule has 0 bridgehead atoms. The van der Waals surface area contributed by atoms with E-state index in [1.807, 2.05) is 12.1 Å². The second-order valence-corrected chi connectivity index (χ2v) is 8.74. The predicted octanol–water partition coefficient (Wildman–Crippen LogP) is 4.06. The third kappa shape index (κ3) is 4.45. The molecule has 7 nitrogen and oxygen atoms in total. The van der Waals surface area contributed by atoms with E-state index in [1.165, 1.54) is 6.07 Å². The van der Waals surface area contributed by atoms with Gasteiger partial charge >= 0.3 is 0 Å². The Balaban J connectivity index is 1.48. The van der Waals surface area contributed by atoms with Crippen molar-refractivity contribution in [3.8, 4) is 17.0 Å². The molecule has 0 radical (unpaired) electrons. The molecule has 9 heteroatoms. The van der Waals surface area contributed by atoms with Crippen LogP contribution in [0, 0.1) is 17.6 Å². The third-order valence-electron chi connectivity index (χ3n) is 5.74. The topological polar surface area (TPSA) is 75.2 Å². The summed E-state index contributed by atoms with van der Waals surface area (Å²) in [4.78, 5) is 15.1. The zero-order chi connectivity index (χ0) is 22.9. The van der Waals surface area contributed by atoms with Gasteiger partial charge in [-0.1, -0.05) is 19.9 Å². The highest BCUT2D eigenvalue weighted by molar-refractivity contribution is 5.72. The summed E-state index contributed by atoms with van der Waals surface area (Å²) >= 11 is 0. The molecule has 0 amide bonds. The van der Waals surface area contributed by atoms with Crippen molar-refractivity contribution in [2.75, 3.05) is 36.5 Å². The predicted molar refractivity (Wildman–Crippen MR) is 123 cm³/mol. The van der Waals surface area contributed by atoms with Gasteiger partial charge in [0.15, 0.2) is 17.4 Å². The van der Waals surface area contributed by atoms with Crippen LogP contribution in [0.1, 0.15) is 25.1 Å². The molecule has 33 heavy (non-hydrogen) atoms. The summed E-state index contributed by atoms with van der Waals surface area (Å²) < 4.78 is 35.2. The summed E-state index contributed by atoms with van der Waals surface area (Å²) in [5.41, 5.74) is 3.14. The smallest absolute Gasteiger partial charge is 0.229 e. The number of pyridine rings is 1. The molecule has 0 spiro atoms. The number of benzene rings is 1. The third-order valence-corrected chi connectivity index (χ3v) is 5.74. The fraction of sp³-hybridized carbons (Fsp3) is 0.375. The van der Waals surface area contributed by atoms with E-state index in [4.69, 9.17) is 4.74 Å². The van der Waals surface area contributed by atoms with Gasteiger partial charge in [-0.05, 0) is 29.7 Å². The molecule has 0 unspecified atom stereocenters. The number of rotatable bonds is 5. The molecule has 2 N–H and O–H groups in total. The zero-order valence-corrected chi connectivity index (χ0v) is 18.7. The normalized spacial score (nSPS) is 15.1. The van der Waals surface area contributed by atoms with Crippen LogP contribution < -0.4 is 20.3 Å². The molecule has 1 aromatic carbocycles. The second kappa shape index (κ2) is 8.90. The summed E-state index contributed by atoms with van der Waals surface area (Å²) in [7, 11) is 0. The second-order valence-electron chi connectivity index (χ2n) is 8.74. The van der Waals surface area contributed by atoms with Crippen LogP contribution in [0.15, 0.2) is 30.5 Å². The SMILES string of the molecule is CC(C)CN1CCOc2c(F)cc(-c3nc(Nc4ccc5c(n4)CCNC5)ncc3F)cc21. The Labute approximate surface area is 191 Å². The summed E-state index contributed by atoms with van der Waals surface area (Å²) in [5.74, 6) is 0.202. The number of halogens is 2. The van der Waals surface area contributed by atoms with Gasteiger partial charge in [0.2, 0.25) is 5.95 Å². The first-order chi connectivity index (χ1) is 16.0. The van der Waals surface area contributed by atoms with Crippen LogP contribution in [-0.2, 0) is 13.0 Å². The van der Waals surface area contributed by atoms with Gasteiger partial charge in [0.25, 0.3) is 0 Å². The van der Waals surface area contributed by atoms with Crippen LogP contribution in [-0.4, -0.2) is 41.2 Å². The number of aromatic nitrogens is 3. The lowest BCUT2D eigenvalue weighted by atomic mass is 10.1. The summed E-state index contributed by atoms with van der Waals surface area (Å²) in [6.07, 6.45) is 1.93. The molecule has 0 saturated heterocycles. The summed E-state index contributed by atoms with van der Waals surface area (Å²) in [6.45, 7) is 7.68. The Morgan fingerprint density at radius 1 is 1.18 bits per heavy atom. The summed E-state index contributed by atoms with van der Waals surface area (Å²) in [6, 6.07) is 6.84. The minimum absolute atomic E-state index is 0.0198. The number of nitrogens with zero attached hydrogens (tertiary/aromatic N) is 4. The van der Waals surface area contributed by atoms with Crippen molar-refractivity contribution in [2.24, 2.45) is 5.92 Å². The van der Waals surface area contributed by atoms with Crippen LogP contribution >= 0.6 is 0 Å². The van der Waals surface area contributed by atoms with Crippen LogP contribution in [0.2, 0.25) is 0 Å². The molecule has 0 saturated carbocycles. The lowest BCUT2D eigenvalue weighted by molar-refractivity contribution is 0.289. The Kier molecular flexibility index (Phi) is 5.80. The Morgan fingerprint density at radius 2 is 2.06 bits per heavy atom. The van der Waals surface area contributed by atoms with E-state index in [0.29, 0.717) is 36.1 Å². The molecule has 0 aliphatic carbocycles. The molecule has 2 aliphatic rings. The van der Waals surface area contributed by atoms with E-state index < -0.39 is 11.6 Å². The monoisotopic (exact) mass is 452 g/mol. The van der Waals surface area contributed by atoms with Gasteiger partial charge in [0, 0.05) is 37.3 Å². The van der Waals surface area contributed by atoms with Crippen molar-refractivity contribution in [3.05, 3.63) is 53.4 Å². The lowest BCUT2D eigenvalue weighted by Gasteiger charge is -2.33. The molecule has 2 aliphatic heterocycles. The van der Waals surface area contributed by atoms with E-state index in [9.17, 15) is 8.78 Å². The number of fused-ring (bicyclic) bond motifs is 2. The Morgan fingerprint density at radius 3 is 2.91 bits per heavy atom. The highest BCUT2D eigenvalue weighted by Crippen LogP contribution is 2.39. The van der Waals surface area contributed by atoms with Crippen molar-refractivity contribution in [1.82, 2.24) is 20.3 Å². The molecule has 2 aromatic heterocycles. The van der Waals surface area contributed by atoms with Gasteiger partial charge in [-0.3, -0.25) is 0 Å². The average Bonchev–Trinajstić information content (AvgIpc) is 2.80. The highest BCUT2D eigenvalue weighted by Gasteiger charge is 2.25. The van der Waals surface area contributed by atoms with Gasteiger partial charge in [-0.2, -0.15) is 0 Å². The van der Waals surface area contributed by atoms with E-state index >= 15 is 0 Å². The fourth-order valence-electron chi connectivity index (χ4n) is 4.25. The Hall–Kier alpha value is -3.33. The number of hydrogen-bond acceptors (Lipinski definition) is 7. The number of hydrogen-bond donors (Lipinski definition) is 2. The first-order valence-corrected chi connectivity index (χ1v) is 11.2. The maximum atomic E-state index is 14.9. The van der Waals surface area contributed by atoms with Crippen LogP contribution in [0.4, 0.5) is 26.2 Å². The quantitative estimate of drug-likeness (QED) is 0.605. The standard InChI is InChI=1S/C24H26F2N6O/c1-14(2)13-32-7-8-33-23-17(25)9-16(10-20(23)32)22-18(26)12-28-24(31-22)30-21-4-3-15-11-27-6-5-19(15)29-21/h3-4,9-10,12,14,27H,5-8,11,13H2,1-2H3,(H,28,29,30,31).